The van der Waals surface area contributed by atoms with Crippen molar-refractivity contribution >= 4 is 29.0 Å². The molecule has 0 radical (unpaired) electrons. The second-order valence-corrected chi connectivity index (χ2v) is 5.22. The molecule has 0 saturated carbocycles. The van der Waals surface area contributed by atoms with Gasteiger partial charge in [-0.2, -0.15) is 0 Å². The number of benzene rings is 2. The highest BCUT2D eigenvalue weighted by Crippen LogP contribution is 2.15. The van der Waals surface area contributed by atoms with Crippen LogP contribution in [0, 0.1) is 0 Å². The summed E-state index contributed by atoms with van der Waals surface area (Å²) in [6.45, 7) is 0. The van der Waals surface area contributed by atoms with E-state index >= 15 is 0 Å². The number of para-hydroxylation sites is 1. The lowest BCUT2D eigenvalue weighted by atomic mass is 10.2. The molecule has 3 rings (SSSR count). The Bertz CT molecular complexity index is 850. The summed E-state index contributed by atoms with van der Waals surface area (Å²) in [6, 6.07) is 19.1. The van der Waals surface area contributed by atoms with Crippen LogP contribution in [0.25, 0.3) is 0 Å². The number of pyridine rings is 1. The highest BCUT2D eigenvalue weighted by molar-refractivity contribution is 6.04. The van der Waals surface area contributed by atoms with Crippen molar-refractivity contribution in [2.24, 2.45) is 0 Å². The van der Waals surface area contributed by atoms with Crippen molar-refractivity contribution in [1.82, 2.24) is 4.98 Å². The van der Waals surface area contributed by atoms with Gasteiger partial charge in [-0.05, 0) is 48.5 Å². The molecule has 25 heavy (non-hydrogen) atoms. The minimum absolute atomic E-state index is 0.240. The fraction of sp³-hybridized carbons (Fsp3) is 0. The van der Waals surface area contributed by atoms with Crippen molar-refractivity contribution in [3.8, 4) is 0 Å². The van der Waals surface area contributed by atoms with E-state index in [1.807, 2.05) is 18.2 Å². The number of urea groups is 1. The summed E-state index contributed by atoms with van der Waals surface area (Å²) in [4.78, 5) is 27.9. The van der Waals surface area contributed by atoms with Gasteiger partial charge in [0.1, 0.15) is 0 Å². The van der Waals surface area contributed by atoms with Crippen LogP contribution in [0.1, 0.15) is 10.4 Å². The molecule has 0 bridgehead atoms. The predicted molar refractivity (Wildman–Crippen MR) is 97.7 cm³/mol. The van der Waals surface area contributed by atoms with E-state index < -0.39 is 0 Å². The van der Waals surface area contributed by atoms with Crippen molar-refractivity contribution in [3.63, 3.8) is 0 Å². The topological polar surface area (TPSA) is 83.1 Å². The third-order valence-electron chi connectivity index (χ3n) is 3.36. The summed E-state index contributed by atoms with van der Waals surface area (Å²) in [7, 11) is 0. The smallest absolute Gasteiger partial charge is 0.322 e. The summed E-state index contributed by atoms with van der Waals surface area (Å²) in [5.41, 5.74) is 2.43. The fourth-order valence-electron chi connectivity index (χ4n) is 2.15. The second-order valence-electron chi connectivity index (χ2n) is 5.22. The Labute approximate surface area is 144 Å². The molecule has 124 valence electrons. The molecule has 0 aliphatic heterocycles. The SMILES string of the molecule is O=C(Nc1ccccc1)Nc1ccc(NC(=O)c2cccnc2)cc1. The summed E-state index contributed by atoms with van der Waals surface area (Å²) < 4.78 is 0. The van der Waals surface area contributed by atoms with Crippen LogP contribution in [0.2, 0.25) is 0 Å². The van der Waals surface area contributed by atoms with Crippen LogP contribution in [-0.2, 0) is 0 Å². The van der Waals surface area contributed by atoms with Gasteiger partial charge in [0.2, 0.25) is 0 Å². The molecule has 0 spiro atoms. The minimum Gasteiger partial charge on any atom is -0.322 e. The van der Waals surface area contributed by atoms with Crippen LogP contribution in [0.15, 0.2) is 79.1 Å². The maximum absolute atomic E-state index is 12.0. The van der Waals surface area contributed by atoms with E-state index in [1.54, 1.807) is 54.7 Å². The van der Waals surface area contributed by atoms with Gasteiger partial charge in [0, 0.05) is 29.5 Å². The van der Waals surface area contributed by atoms with Gasteiger partial charge < -0.3 is 16.0 Å². The molecule has 0 unspecified atom stereocenters. The van der Waals surface area contributed by atoms with E-state index in [2.05, 4.69) is 20.9 Å². The van der Waals surface area contributed by atoms with Gasteiger partial charge >= 0.3 is 6.03 Å². The van der Waals surface area contributed by atoms with E-state index in [1.165, 1.54) is 6.20 Å². The molecule has 1 aromatic heterocycles. The highest BCUT2D eigenvalue weighted by Gasteiger charge is 2.06. The monoisotopic (exact) mass is 332 g/mol. The van der Waals surface area contributed by atoms with Crippen LogP contribution in [0.5, 0.6) is 0 Å². The van der Waals surface area contributed by atoms with E-state index in [0.29, 0.717) is 22.6 Å². The number of carbonyl (C=O) groups excluding carboxylic acids is 2. The Balaban J connectivity index is 1.57. The first-order chi connectivity index (χ1) is 12.2. The first-order valence-corrected chi connectivity index (χ1v) is 7.65. The normalized spacial score (nSPS) is 9.92. The van der Waals surface area contributed by atoms with E-state index in [9.17, 15) is 9.59 Å². The van der Waals surface area contributed by atoms with Crippen molar-refractivity contribution in [2.75, 3.05) is 16.0 Å². The number of anilines is 3. The van der Waals surface area contributed by atoms with Gasteiger partial charge in [0.25, 0.3) is 5.91 Å². The molecular formula is C19H16N4O2. The molecule has 0 fully saturated rings. The lowest BCUT2D eigenvalue weighted by Crippen LogP contribution is -2.19. The Hall–Kier alpha value is -3.67. The standard InChI is InChI=1S/C19H16N4O2/c24-18(14-5-4-12-20-13-14)21-16-8-10-17(11-9-16)23-19(25)22-15-6-2-1-3-7-15/h1-13H,(H,21,24)(H2,22,23,25). The number of nitrogens with one attached hydrogen (secondary N) is 3. The van der Waals surface area contributed by atoms with Gasteiger partial charge in [-0.3, -0.25) is 9.78 Å². The van der Waals surface area contributed by atoms with E-state index in [4.69, 9.17) is 0 Å². The Morgan fingerprint density at radius 2 is 1.28 bits per heavy atom. The number of amides is 3. The average Bonchev–Trinajstić information content (AvgIpc) is 2.65. The van der Waals surface area contributed by atoms with Crippen molar-refractivity contribution in [3.05, 3.63) is 84.7 Å². The minimum atomic E-state index is -0.335. The average molecular weight is 332 g/mol. The van der Waals surface area contributed by atoms with Crippen LogP contribution in [-0.4, -0.2) is 16.9 Å². The molecule has 6 nitrogen and oxygen atoms in total. The van der Waals surface area contributed by atoms with E-state index in [0.717, 1.165) is 0 Å². The zero-order valence-electron chi connectivity index (χ0n) is 13.3. The Kier molecular flexibility index (Phi) is 5.01. The number of hydrogen-bond donors (Lipinski definition) is 3. The fourth-order valence-corrected chi connectivity index (χ4v) is 2.15. The summed E-state index contributed by atoms with van der Waals surface area (Å²) in [5, 5.41) is 8.23. The maximum atomic E-state index is 12.0. The third-order valence-corrected chi connectivity index (χ3v) is 3.36. The molecule has 0 atom stereocenters. The largest absolute Gasteiger partial charge is 0.323 e. The van der Waals surface area contributed by atoms with Gasteiger partial charge in [-0.1, -0.05) is 18.2 Å². The van der Waals surface area contributed by atoms with Crippen LogP contribution >= 0.6 is 0 Å². The lowest BCUT2D eigenvalue weighted by Gasteiger charge is -2.09. The summed E-state index contributed by atoms with van der Waals surface area (Å²) >= 11 is 0. The highest BCUT2D eigenvalue weighted by atomic mass is 16.2. The van der Waals surface area contributed by atoms with E-state index in [-0.39, 0.29) is 11.9 Å². The number of nitrogens with zero attached hydrogens (tertiary/aromatic N) is 1. The zero-order chi connectivity index (χ0) is 17.5. The number of rotatable bonds is 4. The molecule has 1 heterocycles. The van der Waals surface area contributed by atoms with Crippen molar-refractivity contribution < 1.29 is 9.59 Å². The third kappa shape index (κ3) is 4.65. The van der Waals surface area contributed by atoms with Crippen molar-refractivity contribution in [1.29, 1.82) is 0 Å². The Morgan fingerprint density at radius 1 is 0.680 bits per heavy atom. The van der Waals surface area contributed by atoms with Crippen LogP contribution in [0.4, 0.5) is 21.9 Å². The molecule has 6 heteroatoms. The van der Waals surface area contributed by atoms with Crippen LogP contribution < -0.4 is 16.0 Å². The van der Waals surface area contributed by atoms with Gasteiger partial charge in [-0.25, -0.2) is 4.79 Å². The first kappa shape index (κ1) is 16.2. The summed E-state index contributed by atoms with van der Waals surface area (Å²) in [6.07, 6.45) is 3.11. The molecule has 2 aromatic carbocycles. The number of carbonyl (C=O) groups is 2. The number of hydrogen-bond acceptors (Lipinski definition) is 3. The molecular weight excluding hydrogens is 316 g/mol. The first-order valence-electron chi connectivity index (χ1n) is 7.65. The van der Waals surface area contributed by atoms with Crippen molar-refractivity contribution in [2.45, 2.75) is 0 Å². The molecule has 0 aliphatic carbocycles. The second kappa shape index (κ2) is 7.74. The Morgan fingerprint density at radius 3 is 1.88 bits per heavy atom. The predicted octanol–water partition coefficient (Wildman–Crippen LogP) is 3.98. The van der Waals surface area contributed by atoms with Gasteiger partial charge in [0.15, 0.2) is 0 Å². The molecule has 0 saturated heterocycles. The quantitative estimate of drug-likeness (QED) is 0.676. The van der Waals surface area contributed by atoms with Crippen LogP contribution in [0.3, 0.4) is 0 Å². The molecule has 3 N–H and O–H groups in total. The molecule has 3 aromatic rings. The molecule has 3 amide bonds. The lowest BCUT2D eigenvalue weighted by molar-refractivity contribution is 0.102. The molecule has 0 aliphatic rings. The van der Waals surface area contributed by atoms with Gasteiger partial charge in [0.05, 0.1) is 5.56 Å². The number of aromatic nitrogens is 1. The maximum Gasteiger partial charge on any atom is 0.323 e. The summed E-state index contributed by atoms with van der Waals surface area (Å²) in [5.74, 6) is -0.240. The zero-order valence-corrected chi connectivity index (χ0v) is 13.3. The van der Waals surface area contributed by atoms with Gasteiger partial charge in [-0.15, -0.1) is 0 Å².